The molecule has 0 aromatic heterocycles. The van der Waals surface area contributed by atoms with Gasteiger partial charge in [0.05, 0.1) is 36.6 Å². The monoisotopic (exact) mass is 898 g/mol. The van der Waals surface area contributed by atoms with Crippen LogP contribution in [0.15, 0.2) is 72.8 Å². The number of hydrogen-bond acceptors (Lipinski definition) is 5. The van der Waals surface area contributed by atoms with Crippen molar-refractivity contribution in [3.8, 4) is 0 Å². The minimum absolute atomic E-state index is 0.0480. The lowest BCUT2D eigenvalue weighted by atomic mass is 9.87. The summed E-state index contributed by atoms with van der Waals surface area (Å²) in [6, 6.07) is 21.9. The third kappa shape index (κ3) is 13.0. The van der Waals surface area contributed by atoms with Crippen LogP contribution >= 0.6 is 15.9 Å². The summed E-state index contributed by atoms with van der Waals surface area (Å²) in [5.74, 6) is 1.12. The van der Waals surface area contributed by atoms with E-state index in [-0.39, 0.29) is 41.7 Å². The summed E-state index contributed by atoms with van der Waals surface area (Å²) in [6.07, 6.45) is 14.4. The smallest absolute Gasteiger partial charge is 0.261 e. The first-order valence-electron chi connectivity index (χ1n) is 23.0. The zero-order valence-electron chi connectivity index (χ0n) is 38.8. The van der Waals surface area contributed by atoms with Crippen LogP contribution in [0, 0.1) is 11.8 Å². The van der Waals surface area contributed by atoms with Crippen molar-refractivity contribution >= 4 is 42.9 Å². The molecule has 0 bridgehead atoms. The second kappa shape index (κ2) is 22.8. The third-order valence-electron chi connectivity index (χ3n) is 13.4. The first-order valence-corrected chi connectivity index (χ1v) is 28.0. The fourth-order valence-electron chi connectivity index (χ4n) is 10.5. The van der Waals surface area contributed by atoms with Gasteiger partial charge in [0.2, 0.25) is 8.32 Å². The molecular formula is C50H83BrO5Si2. The maximum absolute atomic E-state index is 7.42. The Morgan fingerprint density at radius 1 is 0.759 bits per heavy atom. The van der Waals surface area contributed by atoms with Gasteiger partial charge in [0.1, 0.15) is 0 Å². The zero-order valence-corrected chi connectivity index (χ0v) is 42.4. The number of methoxy groups -OCH3 is 1. The van der Waals surface area contributed by atoms with Crippen LogP contribution in [0.5, 0.6) is 0 Å². The highest BCUT2D eigenvalue weighted by atomic mass is 79.9. The number of hydrogen-bond donors (Lipinski definition) is 0. The molecule has 0 radical (unpaired) electrons. The van der Waals surface area contributed by atoms with Crippen LogP contribution in [0.25, 0.3) is 0 Å². The van der Waals surface area contributed by atoms with Crippen LogP contribution in [-0.2, 0) is 23.1 Å². The number of ether oxygens (including phenoxy) is 3. The van der Waals surface area contributed by atoms with Crippen molar-refractivity contribution in [1.29, 1.82) is 0 Å². The van der Waals surface area contributed by atoms with E-state index in [0.29, 0.717) is 39.9 Å². The van der Waals surface area contributed by atoms with Crippen molar-refractivity contribution in [2.75, 3.05) is 13.7 Å². The predicted molar refractivity (Wildman–Crippen MR) is 255 cm³/mol. The lowest BCUT2D eigenvalue weighted by Gasteiger charge is -2.45. The molecule has 0 spiro atoms. The van der Waals surface area contributed by atoms with Crippen molar-refractivity contribution < 1.29 is 23.1 Å². The quantitative estimate of drug-likeness (QED) is 0.0710. The summed E-state index contributed by atoms with van der Waals surface area (Å²) in [5.41, 5.74) is 1.64. The third-order valence-corrected chi connectivity index (χ3v) is 25.3. The van der Waals surface area contributed by atoms with E-state index in [4.69, 9.17) is 23.1 Å². The molecule has 0 unspecified atom stereocenters. The maximum Gasteiger partial charge on any atom is 0.261 e. The number of alkyl halides is 1. The predicted octanol–water partition coefficient (Wildman–Crippen LogP) is 12.8. The highest BCUT2D eigenvalue weighted by Gasteiger charge is 2.50. The van der Waals surface area contributed by atoms with Crippen LogP contribution in [0.3, 0.4) is 0 Å². The SMILES string of the molecule is CO[C@@H](C[C@@H]1C[C@H](Br)C[C@H](CCO[Si](c2ccccc2)(c2ccccc2)C(C)(C)C)O1)C[C@H]1O[C@H](C[C@@H](/C=C/CC(C)C)O[Si](C(C)C)(C(C)C)C(C)C)CC[C@@H]1C. The molecule has 0 aliphatic carbocycles. The van der Waals surface area contributed by atoms with Gasteiger partial charge in [0.25, 0.3) is 8.32 Å². The molecule has 58 heavy (non-hydrogen) atoms. The normalized spacial score (nSPS) is 25.0. The van der Waals surface area contributed by atoms with Gasteiger partial charge >= 0.3 is 0 Å². The molecule has 2 aromatic carbocycles. The summed E-state index contributed by atoms with van der Waals surface area (Å²) in [7, 11) is -2.79. The lowest BCUT2D eigenvalue weighted by molar-refractivity contribution is -0.119. The summed E-state index contributed by atoms with van der Waals surface area (Å²) in [4.78, 5) is 0.412. The van der Waals surface area contributed by atoms with E-state index in [9.17, 15) is 0 Å². The van der Waals surface area contributed by atoms with Crippen molar-refractivity contribution in [2.24, 2.45) is 11.8 Å². The maximum atomic E-state index is 7.42. The van der Waals surface area contributed by atoms with E-state index < -0.39 is 16.6 Å². The molecule has 4 rings (SSSR count). The molecular weight excluding hydrogens is 817 g/mol. The van der Waals surface area contributed by atoms with E-state index in [2.05, 4.69) is 172 Å². The van der Waals surface area contributed by atoms with Gasteiger partial charge in [-0.15, -0.1) is 0 Å². The van der Waals surface area contributed by atoms with Crippen molar-refractivity contribution in [3.63, 3.8) is 0 Å². The molecule has 2 aliphatic heterocycles. The summed E-state index contributed by atoms with van der Waals surface area (Å²) in [6.45, 7) is 29.0. The minimum atomic E-state index is -2.60. The van der Waals surface area contributed by atoms with Gasteiger partial charge in [-0.2, -0.15) is 0 Å². The number of allylic oxidation sites excluding steroid dienone is 1. The number of benzene rings is 2. The zero-order chi connectivity index (χ0) is 42.7. The van der Waals surface area contributed by atoms with Gasteiger partial charge in [0, 0.05) is 31.4 Å². The average molecular weight is 900 g/mol. The highest BCUT2D eigenvalue weighted by molar-refractivity contribution is 9.09. The van der Waals surface area contributed by atoms with Gasteiger partial charge < -0.3 is 23.1 Å². The van der Waals surface area contributed by atoms with Crippen LogP contribution in [-0.4, -0.2) is 71.8 Å². The standard InChI is InChI=1S/C50H83BrO5Si2/c1-36(2)21-20-22-44(56-57(37(3)4,38(5)6)39(7)8)33-42-28-27-40(9)49(55-42)35-45(52-13)34-46-32-41(51)31-43(54-46)29-30-53-58(50(10,11)12,47-23-16-14-17-24-47)48-25-18-15-19-26-48/h14-20,22-26,36-46,49H,21,27-35H2,1-13H3/b22-20+/t40-,41+,42-,43-,44+,45-,46-,49+/m0/s1. The second-order valence-corrected chi connectivity index (χ2v) is 31.2. The molecule has 2 saturated heterocycles. The Hall–Kier alpha value is -1.11. The van der Waals surface area contributed by atoms with Gasteiger partial charge in [-0.25, -0.2) is 0 Å². The molecule has 328 valence electrons. The number of halogens is 1. The van der Waals surface area contributed by atoms with Crippen molar-refractivity contribution in [3.05, 3.63) is 72.8 Å². The molecule has 2 aliphatic rings. The van der Waals surface area contributed by atoms with Crippen molar-refractivity contribution in [1.82, 2.24) is 0 Å². The fourth-order valence-corrected chi connectivity index (χ4v) is 21.4. The first-order chi connectivity index (χ1) is 27.4. The van der Waals surface area contributed by atoms with E-state index >= 15 is 0 Å². The van der Waals surface area contributed by atoms with E-state index in [1.54, 1.807) is 0 Å². The number of rotatable bonds is 21. The fraction of sp³-hybridized carbons (Fsp3) is 0.720. The Morgan fingerprint density at radius 2 is 1.33 bits per heavy atom. The molecule has 8 heteroatoms. The topological polar surface area (TPSA) is 46.2 Å². The first kappa shape index (κ1) is 49.5. The Balaban J connectivity index is 1.41. The average Bonchev–Trinajstić information content (AvgIpc) is 3.15. The Bertz CT molecular complexity index is 1420. The summed E-state index contributed by atoms with van der Waals surface area (Å²) in [5, 5.41) is 2.59. The molecule has 0 saturated carbocycles. The van der Waals surface area contributed by atoms with Crippen LogP contribution in [0.2, 0.25) is 21.7 Å². The highest BCUT2D eigenvalue weighted by Crippen LogP contribution is 2.44. The molecule has 2 heterocycles. The second-order valence-electron chi connectivity index (χ2n) is 20.2. The van der Waals surface area contributed by atoms with E-state index in [0.717, 1.165) is 51.4 Å². The van der Waals surface area contributed by atoms with Crippen LogP contribution in [0.1, 0.15) is 141 Å². The molecule has 2 fully saturated rings. The largest absolute Gasteiger partial charge is 0.410 e. The Morgan fingerprint density at radius 3 is 1.84 bits per heavy atom. The molecule has 0 amide bonds. The van der Waals surface area contributed by atoms with Crippen LogP contribution in [0.4, 0.5) is 0 Å². The van der Waals surface area contributed by atoms with E-state index in [1.807, 2.05) is 7.11 Å². The van der Waals surface area contributed by atoms with Crippen molar-refractivity contribution in [2.45, 2.75) is 204 Å². The summed E-state index contributed by atoms with van der Waals surface area (Å²) < 4.78 is 34.9. The molecule has 0 N–H and O–H groups in total. The van der Waals surface area contributed by atoms with Gasteiger partial charge in [-0.05, 0) is 88.8 Å². The van der Waals surface area contributed by atoms with E-state index in [1.165, 1.54) is 16.8 Å². The molecule has 5 nitrogen and oxygen atoms in total. The molecule has 8 atom stereocenters. The van der Waals surface area contributed by atoms with Gasteiger partial charge in [-0.3, -0.25) is 0 Å². The minimum Gasteiger partial charge on any atom is -0.410 e. The van der Waals surface area contributed by atoms with Crippen LogP contribution < -0.4 is 10.4 Å². The van der Waals surface area contributed by atoms with Gasteiger partial charge in [-0.1, -0.05) is 172 Å². The molecule has 2 aromatic rings. The Kier molecular flexibility index (Phi) is 19.5. The summed E-state index contributed by atoms with van der Waals surface area (Å²) >= 11 is 4.04. The Labute approximate surface area is 366 Å². The lowest BCUT2D eigenvalue weighted by Crippen LogP contribution is -2.66. The van der Waals surface area contributed by atoms with Gasteiger partial charge in [0.15, 0.2) is 0 Å².